The van der Waals surface area contributed by atoms with E-state index in [-0.39, 0.29) is 11.4 Å². The molecule has 0 aromatic heterocycles. The second-order valence-corrected chi connectivity index (χ2v) is 9.47. The summed E-state index contributed by atoms with van der Waals surface area (Å²) in [5, 5.41) is 0. The quantitative estimate of drug-likeness (QED) is 0.754. The molecule has 28 heavy (non-hydrogen) atoms. The largest absolute Gasteiger partial charge is 0.293 e. The summed E-state index contributed by atoms with van der Waals surface area (Å²) in [5.41, 5.74) is 4.07. The van der Waals surface area contributed by atoms with E-state index in [2.05, 4.69) is 42.2 Å². The number of hydrogen-bond donors (Lipinski definition) is 1. The van der Waals surface area contributed by atoms with Crippen LogP contribution in [0, 0.1) is 5.82 Å². The van der Waals surface area contributed by atoms with Gasteiger partial charge in [-0.1, -0.05) is 36.4 Å². The van der Waals surface area contributed by atoms with Gasteiger partial charge in [-0.15, -0.1) is 0 Å². The van der Waals surface area contributed by atoms with Crippen LogP contribution in [0.25, 0.3) is 0 Å². The van der Waals surface area contributed by atoms with Crippen LogP contribution >= 0.6 is 0 Å². The molecule has 0 spiro atoms. The van der Waals surface area contributed by atoms with Crippen molar-refractivity contribution >= 4 is 10.1 Å². The second-order valence-electron chi connectivity index (χ2n) is 8.00. The fourth-order valence-corrected chi connectivity index (χ4v) is 4.59. The number of aryl methyl sites for hydroxylation is 1. The topological polar surface area (TPSA) is 57.6 Å². The average molecular weight is 406 g/mol. The predicted octanol–water partition coefficient (Wildman–Crippen LogP) is 4.37. The Kier molecular flexibility index (Phi) is 6.22. The Morgan fingerprint density at radius 3 is 2.54 bits per heavy atom. The normalized spacial score (nSPS) is 24.9. The second kappa shape index (κ2) is 8.31. The highest BCUT2D eigenvalue weighted by molar-refractivity contribution is 7.85. The van der Waals surface area contributed by atoms with Crippen LogP contribution < -0.4 is 0 Å². The zero-order valence-electron chi connectivity index (χ0n) is 16.4. The van der Waals surface area contributed by atoms with Gasteiger partial charge >= 0.3 is 0 Å². The van der Waals surface area contributed by atoms with Crippen molar-refractivity contribution in [1.29, 1.82) is 0 Å². The van der Waals surface area contributed by atoms with E-state index in [4.69, 9.17) is 4.55 Å². The number of benzene rings is 2. The number of halogens is 1. The first kappa shape index (κ1) is 21.0. The molecule has 1 aliphatic carbocycles. The van der Waals surface area contributed by atoms with Crippen LogP contribution in [0.4, 0.5) is 4.39 Å². The van der Waals surface area contributed by atoms with Crippen molar-refractivity contribution in [3.05, 3.63) is 71.0 Å². The number of fused-ring (bicyclic) bond motifs is 1. The maximum atomic E-state index is 13.6. The molecule has 2 aromatic carbocycles. The molecule has 2 unspecified atom stereocenters. The molecular formula is C22H28FNO3S. The molecule has 1 heterocycles. The van der Waals surface area contributed by atoms with Gasteiger partial charge in [-0.25, -0.2) is 4.39 Å². The standard InChI is InChI=1S/C21H24FN.CH4O3S/c1-21(12-5-8-17-14-19(22)9-10-20(17)21)23-13-11-18(15-23)16-6-3-2-4-7-16;1-5(2,3)4/h2-4,6-7,9-10,14,18H,5,8,11-13,15H2,1H3;1H3,(H,2,3,4). The molecule has 1 fully saturated rings. The minimum Gasteiger partial charge on any atom is -0.293 e. The van der Waals surface area contributed by atoms with Gasteiger partial charge in [0.1, 0.15) is 5.82 Å². The fourth-order valence-electron chi connectivity index (χ4n) is 4.59. The van der Waals surface area contributed by atoms with Gasteiger partial charge in [-0.2, -0.15) is 8.42 Å². The first-order valence-corrected chi connectivity index (χ1v) is 11.5. The summed E-state index contributed by atoms with van der Waals surface area (Å²) in [6, 6.07) is 16.3. The lowest BCUT2D eigenvalue weighted by Crippen LogP contribution is -2.44. The molecule has 2 aliphatic rings. The Bertz CT molecular complexity index is 909. The zero-order chi connectivity index (χ0) is 20.4. The first-order chi connectivity index (χ1) is 13.2. The van der Waals surface area contributed by atoms with Gasteiger partial charge in [0, 0.05) is 12.1 Å². The van der Waals surface area contributed by atoms with Gasteiger partial charge in [-0.05, 0) is 73.9 Å². The molecule has 1 saturated heterocycles. The summed E-state index contributed by atoms with van der Waals surface area (Å²) in [6.07, 6.45) is 5.27. The highest BCUT2D eigenvalue weighted by Crippen LogP contribution is 2.43. The third-order valence-corrected chi connectivity index (χ3v) is 5.91. The van der Waals surface area contributed by atoms with Gasteiger partial charge in [0.2, 0.25) is 0 Å². The van der Waals surface area contributed by atoms with Crippen molar-refractivity contribution < 1.29 is 17.4 Å². The fraction of sp³-hybridized carbons (Fsp3) is 0.455. The number of hydrogen-bond acceptors (Lipinski definition) is 3. The molecule has 2 atom stereocenters. The van der Waals surface area contributed by atoms with Crippen molar-refractivity contribution in [2.24, 2.45) is 0 Å². The molecule has 1 N–H and O–H groups in total. The minimum absolute atomic E-state index is 0.0603. The Morgan fingerprint density at radius 2 is 1.86 bits per heavy atom. The maximum absolute atomic E-state index is 13.6. The van der Waals surface area contributed by atoms with E-state index in [1.165, 1.54) is 29.5 Å². The summed E-state index contributed by atoms with van der Waals surface area (Å²) in [4.78, 5) is 2.64. The molecule has 0 radical (unpaired) electrons. The third-order valence-electron chi connectivity index (χ3n) is 5.91. The Balaban J connectivity index is 0.000000403. The molecule has 6 heteroatoms. The lowest BCUT2D eigenvalue weighted by molar-refractivity contribution is 0.111. The zero-order valence-corrected chi connectivity index (χ0v) is 17.3. The van der Waals surface area contributed by atoms with E-state index < -0.39 is 10.1 Å². The van der Waals surface area contributed by atoms with Gasteiger partial charge in [-0.3, -0.25) is 9.45 Å². The van der Waals surface area contributed by atoms with Gasteiger partial charge in [0.15, 0.2) is 0 Å². The van der Waals surface area contributed by atoms with E-state index in [1.54, 1.807) is 12.1 Å². The van der Waals surface area contributed by atoms with Crippen molar-refractivity contribution in [2.45, 2.75) is 44.1 Å². The molecule has 0 amide bonds. The van der Waals surface area contributed by atoms with Crippen LogP contribution in [0.2, 0.25) is 0 Å². The minimum atomic E-state index is -3.67. The van der Waals surface area contributed by atoms with Crippen molar-refractivity contribution in [2.75, 3.05) is 19.3 Å². The lowest BCUT2D eigenvalue weighted by Gasteiger charge is -2.43. The monoisotopic (exact) mass is 405 g/mol. The van der Waals surface area contributed by atoms with Gasteiger partial charge in [0.05, 0.1) is 6.26 Å². The number of nitrogens with zero attached hydrogens (tertiary/aromatic N) is 1. The van der Waals surface area contributed by atoms with E-state index in [0.29, 0.717) is 12.2 Å². The summed E-state index contributed by atoms with van der Waals surface area (Å²) < 4.78 is 39.5. The molecule has 152 valence electrons. The van der Waals surface area contributed by atoms with Crippen LogP contribution in [0.3, 0.4) is 0 Å². The predicted molar refractivity (Wildman–Crippen MR) is 110 cm³/mol. The molecule has 0 bridgehead atoms. The SMILES string of the molecule is CC1(N2CCC(c3ccccc3)C2)CCCc2cc(F)ccc21.CS(=O)(=O)O. The van der Waals surface area contributed by atoms with Gasteiger partial charge in [0.25, 0.3) is 10.1 Å². The molecule has 4 rings (SSSR count). The van der Waals surface area contributed by atoms with Crippen molar-refractivity contribution in [3.8, 4) is 0 Å². The summed E-state index contributed by atoms with van der Waals surface area (Å²) in [7, 11) is -3.67. The van der Waals surface area contributed by atoms with Crippen LogP contribution in [0.15, 0.2) is 48.5 Å². The van der Waals surface area contributed by atoms with Crippen molar-refractivity contribution in [3.63, 3.8) is 0 Å². The van der Waals surface area contributed by atoms with Crippen LogP contribution in [0.1, 0.15) is 48.8 Å². The van der Waals surface area contributed by atoms with E-state index in [1.807, 2.05) is 6.07 Å². The molecule has 4 nitrogen and oxygen atoms in total. The van der Waals surface area contributed by atoms with Crippen LogP contribution in [0.5, 0.6) is 0 Å². The highest BCUT2D eigenvalue weighted by atomic mass is 32.2. The molecule has 2 aromatic rings. The number of likely N-dealkylation sites (tertiary alicyclic amines) is 1. The van der Waals surface area contributed by atoms with E-state index in [9.17, 15) is 12.8 Å². The Morgan fingerprint density at radius 1 is 1.18 bits per heavy atom. The molecule has 0 saturated carbocycles. The van der Waals surface area contributed by atoms with E-state index >= 15 is 0 Å². The first-order valence-electron chi connectivity index (χ1n) is 9.68. The van der Waals surface area contributed by atoms with E-state index in [0.717, 1.165) is 25.9 Å². The third kappa shape index (κ3) is 4.99. The number of rotatable bonds is 2. The molecule has 1 aliphatic heterocycles. The van der Waals surface area contributed by atoms with Crippen molar-refractivity contribution in [1.82, 2.24) is 4.90 Å². The van der Waals surface area contributed by atoms with Gasteiger partial charge < -0.3 is 0 Å². The smallest absolute Gasteiger partial charge is 0.261 e. The Hall–Kier alpha value is -1.76. The average Bonchev–Trinajstić information content (AvgIpc) is 3.12. The van der Waals surface area contributed by atoms with Crippen LogP contribution in [-0.2, 0) is 22.1 Å². The lowest BCUT2D eigenvalue weighted by atomic mass is 9.76. The maximum Gasteiger partial charge on any atom is 0.261 e. The summed E-state index contributed by atoms with van der Waals surface area (Å²) in [5.74, 6) is 0.524. The molecular weight excluding hydrogens is 377 g/mol. The summed E-state index contributed by atoms with van der Waals surface area (Å²) >= 11 is 0. The summed E-state index contributed by atoms with van der Waals surface area (Å²) in [6.45, 7) is 4.60. The highest BCUT2D eigenvalue weighted by Gasteiger charge is 2.41. The Labute approximate surface area is 167 Å². The van der Waals surface area contributed by atoms with Crippen LogP contribution in [-0.4, -0.2) is 37.2 Å².